The Morgan fingerprint density at radius 3 is 3.00 bits per heavy atom. The van der Waals surface area contributed by atoms with Gasteiger partial charge in [0, 0.05) is 6.04 Å². The van der Waals surface area contributed by atoms with Crippen LogP contribution in [0, 0.1) is 13.8 Å². The quantitative estimate of drug-likeness (QED) is 0.919. The summed E-state index contributed by atoms with van der Waals surface area (Å²) in [4.78, 5) is 4.73. The van der Waals surface area contributed by atoms with E-state index in [0.717, 1.165) is 42.4 Å². The van der Waals surface area contributed by atoms with Crippen molar-refractivity contribution in [3.05, 3.63) is 23.5 Å². The van der Waals surface area contributed by atoms with Gasteiger partial charge < -0.3 is 14.3 Å². The van der Waals surface area contributed by atoms with Crippen LogP contribution in [0.25, 0.3) is 11.4 Å². The average Bonchev–Trinajstić information content (AvgIpc) is 3.16. The minimum absolute atomic E-state index is 0.0518. The lowest BCUT2D eigenvalue weighted by Crippen LogP contribution is -2.43. The maximum Gasteiger partial charge on any atom is 0.234 e. The van der Waals surface area contributed by atoms with Crippen molar-refractivity contribution in [2.45, 2.75) is 57.4 Å². The molecular weight excluding hydrogens is 266 g/mol. The van der Waals surface area contributed by atoms with E-state index >= 15 is 0 Å². The molecule has 0 bridgehead atoms. The monoisotopic (exact) mass is 287 g/mol. The summed E-state index contributed by atoms with van der Waals surface area (Å²) >= 11 is 0. The summed E-state index contributed by atoms with van der Waals surface area (Å²) < 4.78 is 11.3. The first-order chi connectivity index (χ1) is 10.2. The lowest BCUT2D eigenvalue weighted by molar-refractivity contribution is 0.199. The van der Waals surface area contributed by atoms with Gasteiger partial charge in [0.1, 0.15) is 11.5 Å². The standard InChI is InChI=1S/C16H21N3O2/c1-10-9-12(11(2)20-10)14-18-15(21-19-14)16-6-4-3-5-13(16)17-8-7-16/h9,13,17H,3-8H2,1-2H3/t13-,16+/m0/s1. The van der Waals surface area contributed by atoms with Gasteiger partial charge >= 0.3 is 0 Å². The summed E-state index contributed by atoms with van der Waals surface area (Å²) in [5, 5.41) is 7.83. The molecule has 2 aromatic rings. The third kappa shape index (κ3) is 1.94. The molecule has 1 N–H and O–H groups in total. The van der Waals surface area contributed by atoms with Gasteiger partial charge in [-0.25, -0.2) is 0 Å². The highest BCUT2D eigenvalue weighted by Crippen LogP contribution is 2.44. The second-order valence-electron chi connectivity index (χ2n) is 6.41. The molecule has 3 heterocycles. The van der Waals surface area contributed by atoms with Crippen molar-refractivity contribution in [3.8, 4) is 11.4 Å². The topological polar surface area (TPSA) is 64.1 Å². The maximum absolute atomic E-state index is 5.68. The van der Waals surface area contributed by atoms with E-state index in [9.17, 15) is 0 Å². The molecule has 2 atom stereocenters. The van der Waals surface area contributed by atoms with Crippen molar-refractivity contribution in [1.82, 2.24) is 15.5 Å². The molecule has 0 unspecified atom stereocenters. The van der Waals surface area contributed by atoms with Gasteiger partial charge in [0.15, 0.2) is 0 Å². The van der Waals surface area contributed by atoms with E-state index in [1.54, 1.807) is 0 Å². The van der Waals surface area contributed by atoms with Crippen LogP contribution in [0.1, 0.15) is 49.5 Å². The van der Waals surface area contributed by atoms with E-state index in [4.69, 9.17) is 13.9 Å². The average molecular weight is 287 g/mol. The molecule has 2 aliphatic rings. The molecule has 5 heteroatoms. The van der Waals surface area contributed by atoms with Crippen molar-refractivity contribution in [2.24, 2.45) is 0 Å². The highest BCUT2D eigenvalue weighted by atomic mass is 16.5. The van der Waals surface area contributed by atoms with Crippen LogP contribution in [0.2, 0.25) is 0 Å². The molecule has 0 aromatic carbocycles. The number of nitrogens with one attached hydrogen (secondary N) is 1. The first-order valence-electron chi connectivity index (χ1n) is 7.84. The fraction of sp³-hybridized carbons (Fsp3) is 0.625. The smallest absolute Gasteiger partial charge is 0.234 e. The first-order valence-corrected chi connectivity index (χ1v) is 7.84. The Morgan fingerprint density at radius 1 is 1.29 bits per heavy atom. The van der Waals surface area contributed by atoms with Crippen LogP contribution in [0.4, 0.5) is 0 Å². The van der Waals surface area contributed by atoms with E-state index in [1.807, 2.05) is 19.9 Å². The van der Waals surface area contributed by atoms with Crippen LogP contribution < -0.4 is 5.32 Å². The fourth-order valence-corrected chi connectivity index (χ4v) is 4.06. The molecule has 1 saturated heterocycles. The normalized spacial score (nSPS) is 28.8. The van der Waals surface area contributed by atoms with Crippen LogP contribution in [-0.4, -0.2) is 22.7 Å². The van der Waals surface area contributed by atoms with Crippen molar-refractivity contribution in [1.29, 1.82) is 0 Å². The van der Waals surface area contributed by atoms with Gasteiger partial charge in [-0.15, -0.1) is 0 Å². The second kappa shape index (κ2) is 4.70. The molecule has 5 nitrogen and oxygen atoms in total. The van der Waals surface area contributed by atoms with Crippen LogP contribution in [-0.2, 0) is 5.41 Å². The molecule has 4 rings (SSSR count). The van der Waals surface area contributed by atoms with E-state index < -0.39 is 0 Å². The second-order valence-corrected chi connectivity index (χ2v) is 6.41. The molecule has 0 amide bonds. The summed E-state index contributed by atoms with van der Waals surface area (Å²) in [6.45, 7) is 4.93. The summed E-state index contributed by atoms with van der Waals surface area (Å²) in [5.74, 6) is 3.20. The molecule has 1 aliphatic carbocycles. The van der Waals surface area contributed by atoms with Gasteiger partial charge in [0.2, 0.25) is 11.7 Å². The Bertz CT molecular complexity index is 660. The highest BCUT2D eigenvalue weighted by Gasteiger charge is 2.49. The van der Waals surface area contributed by atoms with Gasteiger partial charge in [0.05, 0.1) is 11.0 Å². The number of hydrogen-bond acceptors (Lipinski definition) is 5. The summed E-state index contributed by atoms with van der Waals surface area (Å²) in [5.41, 5.74) is 0.994. The molecule has 1 aliphatic heterocycles. The zero-order valence-corrected chi connectivity index (χ0v) is 12.6. The van der Waals surface area contributed by atoms with E-state index in [2.05, 4.69) is 10.5 Å². The third-order valence-corrected chi connectivity index (χ3v) is 5.13. The van der Waals surface area contributed by atoms with Gasteiger partial charge in [-0.05, 0) is 45.7 Å². The minimum atomic E-state index is 0.0518. The van der Waals surface area contributed by atoms with Gasteiger partial charge in [-0.3, -0.25) is 0 Å². The van der Waals surface area contributed by atoms with Crippen LogP contribution in [0.15, 0.2) is 15.0 Å². The van der Waals surface area contributed by atoms with Gasteiger partial charge in [-0.2, -0.15) is 4.98 Å². The van der Waals surface area contributed by atoms with Crippen molar-refractivity contribution >= 4 is 0 Å². The number of nitrogens with zero attached hydrogens (tertiary/aromatic N) is 2. The third-order valence-electron chi connectivity index (χ3n) is 5.13. The maximum atomic E-state index is 5.68. The van der Waals surface area contributed by atoms with Crippen molar-refractivity contribution in [2.75, 3.05) is 6.54 Å². The number of hydrogen-bond donors (Lipinski definition) is 1. The molecule has 0 radical (unpaired) electrons. The van der Waals surface area contributed by atoms with Crippen molar-refractivity contribution in [3.63, 3.8) is 0 Å². The van der Waals surface area contributed by atoms with Crippen LogP contribution in [0.3, 0.4) is 0 Å². The molecule has 0 spiro atoms. The Hall–Kier alpha value is -1.62. The number of fused-ring (bicyclic) bond motifs is 1. The molecule has 112 valence electrons. The summed E-state index contributed by atoms with van der Waals surface area (Å²) in [6, 6.07) is 2.47. The van der Waals surface area contributed by atoms with Crippen LogP contribution in [0.5, 0.6) is 0 Å². The zero-order valence-electron chi connectivity index (χ0n) is 12.6. The fourth-order valence-electron chi connectivity index (χ4n) is 4.06. The Kier molecular flexibility index (Phi) is 2.92. The number of aromatic nitrogens is 2. The largest absolute Gasteiger partial charge is 0.466 e. The predicted octanol–water partition coefficient (Wildman–Crippen LogP) is 3.12. The predicted molar refractivity (Wildman–Crippen MR) is 78.0 cm³/mol. The van der Waals surface area contributed by atoms with E-state index in [-0.39, 0.29) is 5.41 Å². The van der Waals surface area contributed by atoms with Crippen LogP contribution >= 0.6 is 0 Å². The number of aryl methyl sites for hydroxylation is 2. The Labute approximate surface area is 124 Å². The number of furan rings is 1. The molecule has 2 fully saturated rings. The summed E-state index contributed by atoms with van der Waals surface area (Å²) in [7, 11) is 0. The lowest BCUT2D eigenvalue weighted by atomic mass is 9.70. The summed E-state index contributed by atoms with van der Waals surface area (Å²) in [6.07, 6.45) is 6.00. The minimum Gasteiger partial charge on any atom is -0.466 e. The first kappa shape index (κ1) is 13.1. The zero-order chi connectivity index (χ0) is 14.4. The van der Waals surface area contributed by atoms with Gasteiger partial charge in [-0.1, -0.05) is 18.0 Å². The molecule has 2 aromatic heterocycles. The van der Waals surface area contributed by atoms with Crippen molar-refractivity contribution < 1.29 is 8.94 Å². The molecular formula is C16H21N3O2. The van der Waals surface area contributed by atoms with E-state index in [0.29, 0.717) is 11.9 Å². The SMILES string of the molecule is Cc1cc(-c2noc([C@@]34CCCC[C@@H]3NCC4)n2)c(C)o1. The highest BCUT2D eigenvalue weighted by molar-refractivity contribution is 5.57. The Balaban J connectivity index is 1.72. The van der Waals surface area contributed by atoms with Gasteiger partial charge in [0.25, 0.3) is 0 Å². The number of rotatable bonds is 2. The molecule has 21 heavy (non-hydrogen) atoms. The lowest BCUT2D eigenvalue weighted by Gasteiger charge is -2.35. The van der Waals surface area contributed by atoms with E-state index in [1.165, 1.54) is 19.3 Å². The Morgan fingerprint density at radius 2 is 2.19 bits per heavy atom. The molecule has 1 saturated carbocycles.